The lowest BCUT2D eigenvalue weighted by Crippen LogP contribution is -2.66. The zero-order valence-electron chi connectivity index (χ0n) is 6.17. The molecule has 3 aliphatic rings. The van der Waals surface area contributed by atoms with Crippen molar-refractivity contribution in [3.8, 4) is 0 Å². The molecule has 2 atom stereocenters. The van der Waals surface area contributed by atoms with E-state index in [2.05, 4.69) is 23.9 Å². The third kappa shape index (κ3) is 0.700. The van der Waals surface area contributed by atoms with Crippen molar-refractivity contribution in [2.75, 3.05) is 27.2 Å². The van der Waals surface area contributed by atoms with E-state index in [0.29, 0.717) is 0 Å². The zero-order valence-corrected chi connectivity index (χ0v) is 6.17. The van der Waals surface area contributed by atoms with Crippen LogP contribution in [-0.2, 0) is 0 Å². The van der Waals surface area contributed by atoms with Gasteiger partial charge in [0.05, 0.1) is 0 Å². The maximum atomic E-state index is 2.50. The van der Waals surface area contributed by atoms with Gasteiger partial charge in [-0.15, -0.1) is 0 Å². The summed E-state index contributed by atoms with van der Waals surface area (Å²) in [5.41, 5.74) is 0. The molecular formula is C7H14N2. The summed E-state index contributed by atoms with van der Waals surface area (Å²) in [5.74, 6) is 0. The van der Waals surface area contributed by atoms with Gasteiger partial charge in [0.2, 0.25) is 0 Å². The fourth-order valence-corrected chi connectivity index (χ4v) is 2.01. The third-order valence-corrected chi connectivity index (χ3v) is 2.74. The van der Waals surface area contributed by atoms with Crippen LogP contribution in [0.2, 0.25) is 0 Å². The smallest absolute Gasteiger partial charge is 0.0238 e. The van der Waals surface area contributed by atoms with E-state index in [1.54, 1.807) is 0 Å². The van der Waals surface area contributed by atoms with Crippen LogP contribution < -0.4 is 0 Å². The Labute approximate surface area is 56.4 Å². The molecular weight excluding hydrogens is 112 g/mol. The van der Waals surface area contributed by atoms with Gasteiger partial charge >= 0.3 is 0 Å². The summed E-state index contributed by atoms with van der Waals surface area (Å²) < 4.78 is 0. The van der Waals surface area contributed by atoms with Gasteiger partial charge in [-0.3, -0.25) is 4.90 Å². The normalized spacial score (nSPS) is 44.7. The molecule has 52 valence electrons. The number of nitrogens with zero attached hydrogens (tertiary/aromatic N) is 2. The van der Waals surface area contributed by atoms with Crippen molar-refractivity contribution in [1.29, 1.82) is 0 Å². The van der Waals surface area contributed by atoms with Crippen molar-refractivity contribution in [3.63, 3.8) is 0 Å². The van der Waals surface area contributed by atoms with Gasteiger partial charge in [0.25, 0.3) is 0 Å². The van der Waals surface area contributed by atoms with Gasteiger partial charge in [-0.2, -0.15) is 0 Å². The number of rotatable bonds is 0. The Morgan fingerprint density at radius 2 is 1.67 bits per heavy atom. The van der Waals surface area contributed by atoms with Crippen molar-refractivity contribution in [3.05, 3.63) is 0 Å². The average molecular weight is 126 g/mol. The fraction of sp³-hybridized carbons (Fsp3) is 1.00. The number of hydrogen-bond donors (Lipinski definition) is 0. The lowest BCUT2D eigenvalue weighted by molar-refractivity contribution is -0.0408. The number of piperidine rings is 1. The first-order chi connectivity index (χ1) is 4.27. The molecule has 0 aromatic rings. The summed E-state index contributed by atoms with van der Waals surface area (Å²) >= 11 is 0. The second-order valence-electron chi connectivity index (χ2n) is 3.43. The maximum Gasteiger partial charge on any atom is 0.0238 e. The predicted octanol–water partition coefficient (Wildman–Crippen LogP) is 0.00450. The molecule has 2 nitrogen and oxygen atoms in total. The second kappa shape index (κ2) is 1.70. The van der Waals surface area contributed by atoms with Crippen molar-refractivity contribution in [2.45, 2.75) is 18.5 Å². The molecule has 0 aromatic heterocycles. The summed E-state index contributed by atoms with van der Waals surface area (Å²) in [6.45, 7) is 2.57. The molecule has 0 spiro atoms. The Balaban J connectivity index is 2.01. The highest BCUT2D eigenvalue weighted by atomic mass is 15.3. The lowest BCUT2D eigenvalue weighted by atomic mass is 9.89. The van der Waals surface area contributed by atoms with Gasteiger partial charge in [0.1, 0.15) is 0 Å². The fourth-order valence-electron chi connectivity index (χ4n) is 2.01. The largest absolute Gasteiger partial charge is 0.303 e. The average Bonchev–Trinajstić information content (AvgIpc) is 1.87. The molecule has 0 saturated carbocycles. The summed E-state index contributed by atoms with van der Waals surface area (Å²) in [7, 11) is 4.46. The number of likely N-dealkylation sites (N-methyl/N-ethyl adjacent to an activating group) is 2. The Bertz CT molecular complexity index is 112. The van der Waals surface area contributed by atoms with E-state index < -0.39 is 0 Å². The summed E-state index contributed by atoms with van der Waals surface area (Å²) in [5, 5.41) is 0. The number of piperazine rings is 1. The van der Waals surface area contributed by atoms with Gasteiger partial charge in [-0.1, -0.05) is 0 Å². The van der Waals surface area contributed by atoms with Crippen molar-refractivity contribution < 1.29 is 0 Å². The van der Waals surface area contributed by atoms with E-state index in [-0.39, 0.29) is 0 Å². The minimum absolute atomic E-state index is 0.883. The first-order valence-electron chi connectivity index (χ1n) is 3.68. The Hall–Kier alpha value is -0.0800. The van der Waals surface area contributed by atoms with E-state index in [9.17, 15) is 0 Å². The van der Waals surface area contributed by atoms with Crippen LogP contribution in [0.25, 0.3) is 0 Å². The van der Waals surface area contributed by atoms with E-state index in [4.69, 9.17) is 0 Å². The SMILES string of the molecule is CN1CC2C[C@H](C1)N2C. The number of fused-ring (bicyclic) bond motifs is 2. The van der Waals surface area contributed by atoms with Gasteiger partial charge in [-0.05, 0) is 20.5 Å². The van der Waals surface area contributed by atoms with Gasteiger partial charge in [0.15, 0.2) is 0 Å². The van der Waals surface area contributed by atoms with Crippen LogP contribution in [0.3, 0.4) is 0 Å². The minimum Gasteiger partial charge on any atom is -0.303 e. The summed E-state index contributed by atoms with van der Waals surface area (Å²) in [4.78, 5) is 4.93. The van der Waals surface area contributed by atoms with E-state index in [0.717, 1.165) is 12.1 Å². The van der Waals surface area contributed by atoms with E-state index in [1.807, 2.05) is 0 Å². The van der Waals surface area contributed by atoms with E-state index in [1.165, 1.54) is 19.5 Å². The Morgan fingerprint density at radius 3 is 2.00 bits per heavy atom. The summed E-state index contributed by atoms with van der Waals surface area (Å²) in [6, 6.07) is 1.77. The molecule has 3 saturated heterocycles. The van der Waals surface area contributed by atoms with Crippen LogP contribution in [0, 0.1) is 0 Å². The molecule has 3 aliphatic heterocycles. The van der Waals surface area contributed by atoms with Gasteiger partial charge in [-0.25, -0.2) is 0 Å². The molecule has 9 heavy (non-hydrogen) atoms. The van der Waals surface area contributed by atoms with Crippen LogP contribution >= 0.6 is 0 Å². The number of hydrogen-bond acceptors (Lipinski definition) is 2. The minimum atomic E-state index is 0.883. The molecule has 3 rings (SSSR count). The molecule has 2 heteroatoms. The molecule has 0 N–H and O–H groups in total. The standard InChI is InChI=1S/C7H14N2/c1-8-4-6-3-7(5-8)9(6)2/h6-7H,3-5H2,1-2H3/t6-,7?/m1/s1. The van der Waals surface area contributed by atoms with Crippen molar-refractivity contribution in [1.82, 2.24) is 9.80 Å². The lowest BCUT2D eigenvalue weighted by Gasteiger charge is -2.54. The molecule has 2 bridgehead atoms. The van der Waals surface area contributed by atoms with Crippen LogP contribution in [0.5, 0.6) is 0 Å². The monoisotopic (exact) mass is 126 g/mol. The van der Waals surface area contributed by atoms with Crippen LogP contribution in [0.1, 0.15) is 6.42 Å². The first-order valence-corrected chi connectivity index (χ1v) is 3.68. The van der Waals surface area contributed by atoms with E-state index >= 15 is 0 Å². The second-order valence-corrected chi connectivity index (χ2v) is 3.43. The van der Waals surface area contributed by atoms with Crippen LogP contribution in [-0.4, -0.2) is 49.1 Å². The Kier molecular flexibility index (Phi) is 1.08. The molecule has 0 amide bonds. The molecule has 3 heterocycles. The highest BCUT2D eigenvalue weighted by molar-refractivity contribution is 4.97. The first kappa shape index (κ1) is 5.69. The molecule has 0 radical (unpaired) electrons. The molecule has 0 aliphatic carbocycles. The van der Waals surface area contributed by atoms with Crippen molar-refractivity contribution >= 4 is 0 Å². The molecule has 1 unspecified atom stereocenters. The topological polar surface area (TPSA) is 6.48 Å². The van der Waals surface area contributed by atoms with Crippen LogP contribution in [0.15, 0.2) is 0 Å². The highest BCUT2D eigenvalue weighted by Crippen LogP contribution is 2.28. The third-order valence-electron chi connectivity index (χ3n) is 2.74. The molecule has 0 aromatic carbocycles. The van der Waals surface area contributed by atoms with Gasteiger partial charge in [0, 0.05) is 25.2 Å². The van der Waals surface area contributed by atoms with Crippen LogP contribution in [0.4, 0.5) is 0 Å². The zero-order chi connectivity index (χ0) is 6.43. The quantitative estimate of drug-likeness (QED) is 0.451. The Morgan fingerprint density at radius 1 is 1.11 bits per heavy atom. The van der Waals surface area contributed by atoms with Crippen molar-refractivity contribution in [2.24, 2.45) is 0 Å². The van der Waals surface area contributed by atoms with Gasteiger partial charge < -0.3 is 4.90 Å². The predicted molar refractivity (Wildman–Crippen MR) is 37.5 cm³/mol. The highest BCUT2D eigenvalue weighted by Gasteiger charge is 2.40. The summed E-state index contributed by atoms with van der Waals surface area (Å²) in [6.07, 6.45) is 1.45. The molecule has 3 fully saturated rings. The maximum absolute atomic E-state index is 2.50.